The minimum atomic E-state index is -1.89. The van der Waals surface area contributed by atoms with Crippen molar-refractivity contribution < 1.29 is 28.1 Å². The number of hydrogen-bond acceptors (Lipinski definition) is 7. The van der Waals surface area contributed by atoms with Gasteiger partial charge in [0.15, 0.2) is 23.6 Å². The van der Waals surface area contributed by atoms with Crippen molar-refractivity contribution in [3.05, 3.63) is 228 Å². The Balaban J connectivity index is 1.22. The number of ether oxygens (including phenoxy) is 3. The van der Waals surface area contributed by atoms with E-state index < -0.39 is 47.8 Å². The van der Waals surface area contributed by atoms with Crippen molar-refractivity contribution in [2.75, 3.05) is 6.61 Å². The van der Waals surface area contributed by atoms with Crippen molar-refractivity contribution in [1.82, 2.24) is 19.5 Å². The van der Waals surface area contributed by atoms with Crippen LogP contribution in [0.1, 0.15) is 39.6 Å². The molecule has 1 saturated heterocycles. The Morgan fingerprint density at radius 3 is 1.40 bits per heavy atom. The molecule has 1 aliphatic rings. The second kappa shape index (κ2) is 15.7. The van der Waals surface area contributed by atoms with Crippen LogP contribution in [0, 0.1) is 6.08 Å². The Hall–Kier alpha value is -6.59. The number of rotatable bonds is 12. The molecule has 9 rings (SSSR count). The average molecular weight is 773 g/mol. The summed E-state index contributed by atoms with van der Waals surface area (Å²) in [7, 11) is 0. The molecule has 4 atom stereocenters. The maximum Gasteiger partial charge on any atom is 0.314 e. The second-order valence-electron chi connectivity index (χ2n) is 14.1. The Bertz CT molecular complexity index is 2390. The van der Waals surface area contributed by atoms with E-state index in [0.29, 0.717) is 0 Å². The molecule has 8 nitrogen and oxygen atoms in total. The van der Waals surface area contributed by atoms with Crippen LogP contribution in [0.2, 0.25) is 0 Å². The predicted molar refractivity (Wildman–Crippen MR) is 215 cm³/mol. The second-order valence-corrected chi connectivity index (χ2v) is 14.1. The number of benzene rings is 6. The highest BCUT2D eigenvalue weighted by molar-refractivity contribution is 5.75. The SMILES string of the molecule is Oc1nc(F)nc2c1ncn2[C@@H]1O[C@H](COC(c2ccccc2)(c2ccccc2)c2ccccc2)[C@@H](OC(c2ccccc2)(c2ccccc2)c2ccccc2)[C@@H]1F. The summed E-state index contributed by atoms with van der Waals surface area (Å²) in [5.41, 5.74) is 2.12. The van der Waals surface area contributed by atoms with Gasteiger partial charge in [-0.1, -0.05) is 182 Å². The number of aromatic nitrogens is 4. The lowest BCUT2D eigenvalue weighted by molar-refractivity contribution is -0.128. The van der Waals surface area contributed by atoms with Gasteiger partial charge < -0.3 is 19.3 Å². The third-order valence-corrected chi connectivity index (χ3v) is 10.8. The molecule has 58 heavy (non-hydrogen) atoms. The summed E-state index contributed by atoms with van der Waals surface area (Å²) in [5.74, 6) is -0.669. The van der Waals surface area contributed by atoms with Gasteiger partial charge in [0.25, 0.3) is 0 Å². The fraction of sp³-hybridized carbons (Fsp3) is 0.146. The molecule has 0 unspecified atom stereocenters. The standard InChI is InChI=1S/C48H38F2N4O4/c49-40-42(58-48(36-25-13-4-14-26-36,37-27-15-5-16-28-37)38-29-17-6-18-30-38)39(57-45(40)54-32-51-41-43(54)52-46(50)53-44(41)55)31-56-47(33-19-7-1-8-20-33,34-21-9-2-10-22-34)35-23-11-3-12-24-35/h1-30,32,39-40,42,45H,31H2,(H,52,53,55)/t39-,40+,42-,45-/m1/s1. The van der Waals surface area contributed by atoms with Gasteiger partial charge in [-0.15, -0.1) is 0 Å². The number of hydrogen-bond donors (Lipinski definition) is 1. The van der Waals surface area contributed by atoms with Crippen LogP contribution in [-0.2, 0) is 25.4 Å². The van der Waals surface area contributed by atoms with E-state index in [1.54, 1.807) is 0 Å². The fourth-order valence-electron chi connectivity index (χ4n) is 8.16. The quantitative estimate of drug-likeness (QED) is 0.0978. The van der Waals surface area contributed by atoms with Crippen LogP contribution >= 0.6 is 0 Å². The molecular weight excluding hydrogens is 735 g/mol. The zero-order valence-corrected chi connectivity index (χ0v) is 31.1. The zero-order valence-electron chi connectivity index (χ0n) is 31.1. The minimum Gasteiger partial charge on any atom is -0.492 e. The maximum atomic E-state index is 17.9. The molecule has 10 heteroatoms. The van der Waals surface area contributed by atoms with Crippen LogP contribution < -0.4 is 0 Å². The van der Waals surface area contributed by atoms with Crippen LogP contribution in [0.25, 0.3) is 11.2 Å². The molecule has 1 fully saturated rings. The first kappa shape index (κ1) is 37.0. The van der Waals surface area contributed by atoms with Crippen LogP contribution in [0.15, 0.2) is 188 Å². The van der Waals surface area contributed by atoms with Crippen molar-refractivity contribution in [2.45, 2.75) is 35.8 Å². The third-order valence-electron chi connectivity index (χ3n) is 10.8. The summed E-state index contributed by atoms with van der Waals surface area (Å²) >= 11 is 0. The normalized spacial score (nSPS) is 18.4. The molecule has 1 aliphatic heterocycles. The van der Waals surface area contributed by atoms with Gasteiger partial charge in [0.2, 0.25) is 5.88 Å². The number of halogens is 2. The van der Waals surface area contributed by atoms with E-state index in [0.717, 1.165) is 33.4 Å². The maximum absolute atomic E-state index is 17.9. The Morgan fingerprint density at radius 1 is 0.586 bits per heavy atom. The van der Waals surface area contributed by atoms with Crippen LogP contribution in [0.4, 0.5) is 8.78 Å². The predicted octanol–water partition coefficient (Wildman–Crippen LogP) is 9.29. The average Bonchev–Trinajstić information content (AvgIpc) is 3.84. The summed E-state index contributed by atoms with van der Waals surface area (Å²) in [5, 5.41) is 10.5. The topological polar surface area (TPSA) is 91.5 Å². The number of alkyl halides is 1. The van der Waals surface area contributed by atoms with E-state index >= 15 is 4.39 Å². The molecular formula is C48H38F2N4O4. The van der Waals surface area contributed by atoms with E-state index in [-0.39, 0.29) is 17.8 Å². The molecule has 0 aliphatic carbocycles. The van der Waals surface area contributed by atoms with E-state index in [9.17, 15) is 9.50 Å². The van der Waals surface area contributed by atoms with E-state index in [2.05, 4.69) is 15.0 Å². The first-order chi connectivity index (χ1) is 28.5. The number of fused-ring (bicyclic) bond motifs is 1. The van der Waals surface area contributed by atoms with Crippen molar-refractivity contribution in [1.29, 1.82) is 0 Å². The van der Waals surface area contributed by atoms with Gasteiger partial charge in [0, 0.05) is 0 Å². The van der Waals surface area contributed by atoms with E-state index in [1.165, 1.54) is 10.9 Å². The number of nitrogens with zero attached hydrogens (tertiary/aromatic N) is 4. The lowest BCUT2D eigenvalue weighted by Gasteiger charge is -2.40. The molecule has 1 N–H and O–H groups in total. The lowest BCUT2D eigenvalue weighted by atomic mass is 9.79. The monoisotopic (exact) mass is 772 g/mol. The highest BCUT2D eigenvalue weighted by atomic mass is 19.1. The molecule has 0 radical (unpaired) electrons. The zero-order chi connectivity index (χ0) is 39.5. The van der Waals surface area contributed by atoms with E-state index in [1.807, 2.05) is 182 Å². The van der Waals surface area contributed by atoms with Gasteiger partial charge in [0.05, 0.1) is 12.9 Å². The van der Waals surface area contributed by atoms with Crippen LogP contribution in [-0.4, -0.2) is 49.6 Å². The van der Waals surface area contributed by atoms with Gasteiger partial charge in [0.1, 0.15) is 23.4 Å². The van der Waals surface area contributed by atoms with Crippen molar-refractivity contribution in [2.24, 2.45) is 0 Å². The van der Waals surface area contributed by atoms with Crippen molar-refractivity contribution >= 4 is 11.2 Å². The molecule has 6 aromatic carbocycles. The summed E-state index contributed by atoms with van der Waals surface area (Å²) in [4.78, 5) is 11.5. The lowest BCUT2D eigenvalue weighted by Crippen LogP contribution is -2.45. The van der Waals surface area contributed by atoms with Gasteiger partial charge in [-0.05, 0) is 33.4 Å². The van der Waals surface area contributed by atoms with Crippen molar-refractivity contribution in [3.8, 4) is 5.88 Å². The van der Waals surface area contributed by atoms with Crippen molar-refractivity contribution in [3.63, 3.8) is 0 Å². The third kappa shape index (κ3) is 6.51. The molecule has 0 amide bonds. The largest absolute Gasteiger partial charge is 0.492 e. The summed E-state index contributed by atoms with van der Waals surface area (Å²) in [6.45, 7) is -0.157. The van der Waals surface area contributed by atoms with Crippen LogP contribution in [0.5, 0.6) is 5.88 Å². The first-order valence-electron chi connectivity index (χ1n) is 19.0. The number of aromatic hydroxyl groups is 1. The Morgan fingerprint density at radius 2 is 0.983 bits per heavy atom. The van der Waals surface area contributed by atoms with E-state index in [4.69, 9.17) is 14.2 Å². The Kier molecular flexibility index (Phi) is 10.0. The first-order valence-corrected chi connectivity index (χ1v) is 19.0. The highest BCUT2D eigenvalue weighted by Crippen LogP contribution is 2.47. The van der Waals surface area contributed by atoms with Gasteiger partial charge >= 0.3 is 6.08 Å². The summed E-state index contributed by atoms with van der Waals surface area (Å²) in [6.07, 6.45) is -5.61. The smallest absolute Gasteiger partial charge is 0.314 e. The van der Waals surface area contributed by atoms with Gasteiger partial charge in [-0.2, -0.15) is 14.4 Å². The molecule has 0 saturated carbocycles. The van der Waals surface area contributed by atoms with Gasteiger partial charge in [-0.3, -0.25) is 4.57 Å². The van der Waals surface area contributed by atoms with Gasteiger partial charge in [-0.25, -0.2) is 9.37 Å². The minimum absolute atomic E-state index is 0.0992. The molecule has 3 heterocycles. The van der Waals surface area contributed by atoms with Crippen LogP contribution in [0.3, 0.4) is 0 Å². The summed E-state index contributed by atoms with van der Waals surface area (Å²) < 4.78 is 55.1. The summed E-state index contributed by atoms with van der Waals surface area (Å²) in [6, 6.07) is 58.7. The molecule has 0 spiro atoms. The molecule has 2 aromatic heterocycles. The fourth-order valence-corrected chi connectivity index (χ4v) is 8.16. The molecule has 8 aromatic rings. The highest BCUT2D eigenvalue weighted by Gasteiger charge is 2.53. The Labute approximate surface area is 334 Å². The molecule has 288 valence electrons. The molecule has 0 bridgehead atoms. The number of imidazole rings is 1.